The third-order valence-electron chi connectivity index (χ3n) is 2.32. The zero-order valence-electron chi connectivity index (χ0n) is 9.93. The molecule has 0 saturated carbocycles. The molecule has 1 aromatic rings. The molecular weight excluding hydrogens is 240 g/mol. The molecule has 96 valence electrons. The van der Waals surface area contributed by atoms with Crippen molar-refractivity contribution < 1.29 is 9.90 Å². The summed E-state index contributed by atoms with van der Waals surface area (Å²) in [5.74, 6) is 0.513. The number of nitrogens with zero attached hydrogens (tertiary/aromatic N) is 1. The van der Waals surface area contributed by atoms with Gasteiger partial charge >= 0.3 is 0 Å². The Balaban J connectivity index is 0.000000292. The van der Waals surface area contributed by atoms with Crippen LogP contribution in [-0.2, 0) is 4.79 Å². The Morgan fingerprint density at radius 1 is 1.24 bits per heavy atom. The first-order chi connectivity index (χ1) is 7.70. The largest absolute Gasteiger partial charge is 0.508 e. The molecule has 0 spiro atoms. The Morgan fingerprint density at radius 2 is 1.76 bits per heavy atom. The van der Waals surface area contributed by atoms with E-state index in [-0.39, 0.29) is 18.3 Å². The zero-order chi connectivity index (χ0) is 11.8. The lowest BCUT2D eigenvalue weighted by Crippen LogP contribution is -2.45. The molecule has 2 rings (SSSR count). The smallest absolute Gasteiger partial charge is 0.219 e. The molecule has 1 aromatic carbocycles. The van der Waals surface area contributed by atoms with Crippen LogP contribution in [0, 0.1) is 0 Å². The van der Waals surface area contributed by atoms with E-state index >= 15 is 0 Å². The number of phenols is 1. The average molecular weight is 259 g/mol. The topological polar surface area (TPSA) is 52.6 Å². The Hall–Kier alpha value is -1.26. The minimum absolute atomic E-state index is 0. The van der Waals surface area contributed by atoms with Gasteiger partial charge in [0.25, 0.3) is 0 Å². The summed E-state index contributed by atoms with van der Waals surface area (Å²) < 4.78 is 0. The van der Waals surface area contributed by atoms with Gasteiger partial charge in [0.15, 0.2) is 0 Å². The molecule has 17 heavy (non-hydrogen) atoms. The van der Waals surface area contributed by atoms with Gasteiger partial charge in [-0.1, -0.05) is 18.2 Å². The lowest BCUT2D eigenvalue weighted by atomic mass is 10.3. The fourth-order valence-electron chi connectivity index (χ4n) is 1.41. The van der Waals surface area contributed by atoms with Gasteiger partial charge in [-0.25, -0.2) is 0 Å². The Morgan fingerprint density at radius 3 is 2.06 bits per heavy atom. The highest BCUT2D eigenvalue weighted by molar-refractivity contribution is 5.85. The maximum absolute atomic E-state index is 10.7. The number of carbonyl (C=O) groups excluding carboxylic acids is 1. The number of aromatic hydroxyl groups is 1. The summed E-state index contributed by atoms with van der Waals surface area (Å²) in [6.45, 7) is 5.25. The lowest BCUT2D eigenvalue weighted by molar-refractivity contribution is -0.129. The van der Waals surface area contributed by atoms with E-state index < -0.39 is 0 Å². The standard InChI is InChI=1S/C6H12N2O.C6H6O.ClH/c1-6(9)8-4-2-7-3-5-8;7-6-4-2-1-3-5-6;/h7H,2-5H2,1H3;1-5,7H;1H. The van der Waals surface area contributed by atoms with Gasteiger partial charge in [-0.15, -0.1) is 12.4 Å². The minimum Gasteiger partial charge on any atom is -0.508 e. The predicted octanol–water partition coefficient (Wildman–Crippen LogP) is 1.25. The highest BCUT2D eigenvalue weighted by Crippen LogP contribution is 2.02. The fraction of sp³-hybridized carbons (Fsp3) is 0.417. The van der Waals surface area contributed by atoms with Crippen LogP contribution >= 0.6 is 12.4 Å². The van der Waals surface area contributed by atoms with Gasteiger partial charge in [-0.3, -0.25) is 4.79 Å². The second kappa shape index (κ2) is 8.84. The molecule has 0 aromatic heterocycles. The van der Waals surface area contributed by atoms with Crippen LogP contribution < -0.4 is 5.32 Å². The SMILES string of the molecule is CC(=O)N1CCNCC1.Cl.Oc1ccccc1. The van der Waals surface area contributed by atoms with Crippen molar-refractivity contribution >= 4 is 18.3 Å². The summed E-state index contributed by atoms with van der Waals surface area (Å²) in [6.07, 6.45) is 0. The van der Waals surface area contributed by atoms with Gasteiger partial charge < -0.3 is 15.3 Å². The molecule has 0 bridgehead atoms. The van der Waals surface area contributed by atoms with E-state index in [4.69, 9.17) is 5.11 Å². The summed E-state index contributed by atoms with van der Waals surface area (Å²) in [6, 6.07) is 8.71. The molecule has 0 unspecified atom stereocenters. The third kappa shape index (κ3) is 6.81. The average Bonchev–Trinajstić information content (AvgIpc) is 2.32. The highest BCUT2D eigenvalue weighted by Gasteiger charge is 2.10. The molecule has 4 nitrogen and oxygen atoms in total. The first-order valence-corrected chi connectivity index (χ1v) is 5.40. The van der Waals surface area contributed by atoms with Crippen LogP contribution in [-0.4, -0.2) is 42.1 Å². The van der Waals surface area contributed by atoms with E-state index in [0.29, 0.717) is 5.75 Å². The maximum atomic E-state index is 10.7. The van der Waals surface area contributed by atoms with E-state index in [2.05, 4.69) is 5.32 Å². The number of rotatable bonds is 0. The van der Waals surface area contributed by atoms with Crippen molar-refractivity contribution in [1.82, 2.24) is 10.2 Å². The number of para-hydroxylation sites is 1. The van der Waals surface area contributed by atoms with Crippen molar-refractivity contribution in [3.05, 3.63) is 30.3 Å². The predicted molar refractivity (Wildman–Crippen MR) is 70.5 cm³/mol. The van der Waals surface area contributed by atoms with Gasteiger partial charge in [-0.05, 0) is 12.1 Å². The number of phenolic OH excluding ortho intramolecular Hbond substituents is 1. The molecule has 5 heteroatoms. The molecule has 1 saturated heterocycles. The molecular formula is C12H19ClN2O2. The summed E-state index contributed by atoms with van der Waals surface area (Å²) in [5, 5.41) is 11.8. The zero-order valence-corrected chi connectivity index (χ0v) is 10.7. The van der Waals surface area contributed by atoms with Gasteiger partial charge in [0.1, 0.15) is 5.75 Å². The second-order valence-corrected chi connectivity index (χ2v) is 3.59. The molecule has 0 atom stereocenters. The minimum atomic E-state index is 0. The van der Waals surface area contributed by atoms with Crippen LogP contribution in [0.4, 0.5) is 0 Å². The molecule has 0 radical (unpaired) electrons. The summed E-state index contributed by atoms with van der Waals surface area (Å²) in [7, 11) is 0. The van der Waals surface area contributed by atoms with Crippen molar-refractivity contribution in [1.29, 1.82) is 0 Å². The van der Waals surface area contributed by atoms with Gasteiger partial charge in [0.2, 0.25) is 5.91 Å². The first kappa shape index (κ1) is 15.7. The van der Waals surface area contributed by atoms with E-state index in [9.17, 15) is 4.79 Å². The second-order valence-electron chi connectivity index (χ2n) is 3.59. The van der Waals surface area contributed by atoms with Crippen LogP contribution in [0.25, 0.3) is 0 Å². The number of nitrogens with one attached hydrogen (secondary N) is 1. The summed E-state index contributed by atoms with van der Waals surface area (Å²) >= 11 is 0. The fourth-order valence-corrected chi connectivity index (χ4v) is 1.41. The van der Waals surface area contributed by atoms with E-state index in [1.807, 2.05) is 11.0 Å². The molecule has 1 fully saturated rings. The number of carbonyl (C=O) groups is 1. The van der Waals surface area contributed by atoms with Gasteiger partial charge in [0, 0.05) is 33.1 Å². The van der Waals surface area contributed by atoms with Crippen molar-refractivity contribution in [2.45, 2.75) is 6.92 Å². The highest BCUT2D eigenvalue weighted by atomic mass is 35.5. The van der Waals surface area contributed by atoms with Gasteiger partial charge in [-0.2, -0.15) is 0 Å². The molecule has 1 heterocycles. The molecule has 1 amide bonds. The summed E-state index contributed by atoms with van der Waals surface area (Å²) in [5.41, 5.74) is 0. The maximum Gasteiger partial charge on any atom is 0.219 e. The number of piperazine rings is 1. The summed E-state index contributed by atoms with van der Waals surface area (Å²) in [4.78, 5) is 12.6. The Labute approximate surface area is 108 Å². The monoisotopic (exact) mass is 258 g/mol. The van der Waals surface area contributed by atoms with Crippen molar-refractivity contribution in [3.63, 3.8) is 0 Å². The number of hydrogen-bond donors (Lipinski definition) is 2. The normalized spacial score (nSPS) is 14.1. The van der Waals surface area contributed by atoms with E-state index in [0.717, 1.165) is 26.2 Å². The van der Waals surface area contributed by atoms with Crippen molar-refractivity contribution in [3.8, 4) is 5.75 Å². The van der Waals surface area contributed by atoms with Crippen LogP contribution in [0.15, 0.2) is 30.3 Å². The van der Waals surface area contributed by atoms with Crippen LogP contribution in [0.5, 0.6) is 5.75 Å². The molecule has 1 aliphatic heterocycles. The number of hydrogen-bond acceptors (Lipinski definition) is 3. The van der Waals surface area contributed by atoms with Crippen LogP contribution in [0.1, 0.15) is 6.92 Å². The number of amides is 1. The third-order valence-corrected chi connectivity index (χ3v) is 2.32. The van der Waals surface area contributed by atoms with Crippen LogP contribution in [0.3, 0.4) is 0 Å². The number of halogens is 1. The molecule has 0 aliphatic carbocycles. The lowest BCUT2D eigenvalue weighted by Gasteiger charge is -2.25. The quantitative estimate of drug-likeness (QED) is 0.737. The van der Waals surface area contributed by atoms with Crippen molar-refractivity contribution in [2.24, 2.45) is 0 Å². The van der Waals surface area contributed by atoms with Crippen molar-refractivity contribution in [2.75, 3.05) is 26.2 Å². The first-order valence-electron chi connectivity index (χ1n) is 5.40. The van der Waals surface area contributed by atoms with E-state index in [1.165, 1.54) is 0 Å². The van der Waals surface area contributed by atoms with E-state index in [1.54, 1.807) is 31.2 Å². The Kier molecular flexibility index (Phi) is 8.19. The van der Waals surface area contributed by atoms with Gasteiger partial charge in [0.05, 0.1) is 0 Å². The number of benzene rings is 1. The van der Waals surface area contributed by atoms with Crippen LogP contribution in [0.2, 0.25) is 0 Å². The molecule has 2 N–H and O–H groups in total. The molecule has 1 aliphatic rings. The Bertz CT molecular complexity index is 314.